The first kappa shape index (κ1) is 12.8. The molecule has 1 heterocycles. The summed E-state index contributed by atoms with van der Waals surface area (Å²) in [6, 6.07) is 0. The largest absolute Gasteiger partial charge is 0.393 e. The third-order valence-electron chi connectivity index (χ3n) is 4.27. The number of hydrogen-bond acceptors (Lipinski definition) is 3. The lowest BCUT2D eigenvalue weighted by Gasteiger charge is -2.25. The maximum Gasteiger partial charge on any atom is 0.225 e. The third-order valence-corrected chi connectivity index (χ3v) is 4.27. The summed E-state index contributed by atoms with van der Waals surface area (Å²) < 4.78 is 0. The first-order valence-electron chi connectivity index (χ1n) is 6.68. The van der Waals surface area contributed by atoms with E-state index in [-0.39, 0.29) is 24.3 Å². The van der Waals surface area contributed by atoms with E-state index >= 15 is 0 Å². The van der Waals surface area contributed by atoms with Gasteiger partial charge in [-0.25, -0.2) is 0 Å². The second-order valence-corrected chi connectivity index (χ2v) is 5.74. The molecular formula is C13H23NO3. The summed E-state index contributed by atoms with van der Waals surface area (Å²) in [5.41, 5.74) is -0.750. The molecule has 2 unspecified atom stereocenters. The summed E-state index contributed by atoms with van der Waals surface area (Å²) >= 11 is 0. The number of carbonyl (C=O) groups is 1. The van der Waals surface area contributed by atoms with Crippen molar-refractivity contribution in [3.8, 4) is 0 Å². The highest BCUT2D eigenvalue weighted by molar-refractivity contribution is 5.77. The summed E-state index contributed by atoms with van der Waals surface area (Å²) in [4.78, 5) is 13.9. The molecule has 0 aromatic heterocycles. The standard InChI is InChI=1S/C13H23NO3/c1-10(15)11-4-7-14(9-11)12(16)8-13(17)5-2-3-6-13/h10-11,15,17H,2-9H2,1H3. The molecule has 2 N–H and O–H groups in total. The van der Waals surface area contributed by atoms with Crippen molar-refractivity contribution in [1.29, 1.82) is 0 Å². The van der Waals surface area contributed by atoms with E-state index in [0.717, 1.165) is 38.6 Å². The summed E-state index contributed by atoms with van der Waals surface area (Å²) in [6.45, 7) is 3.15. The number of rotatable bonds is 3. The molecule has 1 amide bonds. The molecule has 17 heavy (non-hydrogen) atoms. The summed E-state index contributed by atoms with van der Waals surface area (Å²) in [7, 11) is 0. The predicted octanol–water partition coefficient (Wildman–Crippen LogP) is 0.911. The number of amides is 1. The van der Waals surface area contributed by atoms with Crippen molar-refractivity contribution in [3.63, 3.8) is 0 Å². The average Bonchev–Trinajstić information content (AvgIpc) is 2.86. The van der Waals surface area contributed by atoms with E-state index in [9.17, 15) is 15.0 Å². The topological polar surface area (TPSA) is 60.8 Å². The molecule has 2 fully saturated rings. The van der Waals surface area contributed by atoms with Crippen molar-refractivity contribution < 1.29 is 15.0 Å². The molecule has 2 rings (SSSR count). The van der Waals surface area contributed by atoms with E-state index in [2.05, 4.69) is 0 Å². The predicted molar refractivity (Wildman–Crippen MR) is 64.4 cm³/mol. The first-order chi connectivity index (χ1) is 8.00. The zero-order chi connectivity index (χ0) is 12.5. The highest BCUT2D eigenvalue weighted by atomic mass is 16.3. The summed E-state index contributed by atoms with van der Waals surface area (Å²) in [6.07, 6.45) is 4.36. The Morgan fingerprint density at radius 2 is 2.12 bits per heavy atom. The molecule has 0 aromatic carbocycles. The molecule has 2 atom stereocenters. The van der Waals surface area contributed by atoms with Gasteiger partial charge in [-0.2, -0.15) is 0 Å². The summed E-state index contributed by atoms with van der Waals surface area (Å²) in [5.74, 6) is 0.259. The minimum absolute atomic E-state index is 0.0533. The van der Waals surface area contributed by atoms with Crippen LogP contribution in [0.5, 0.6) is 0 Å². The molecule has 4 nitrogen and oxygen atoms in total. The van der Waals surface area contributed by atoms with Crippen molar-refractivity contribution >= 4 is 5.91 Å². The Kier molecular flexibility index (Phi) is 3.73. The van der Waals surface area contributed by atoms with Crippen molar-refractivity contribution in [3.05, 3.63) is 0 Å². The van der Waals surface area contributed by atoms with Gasteiger partial charge in [-0.05, 0) is 26.2 Å². The Labute approximate surface area is 103 Å². The van der Waals surface area contributed by atoms with E-state index in [1.807, 2.05) is 0 Å². The molecule has 0 radical (unpaired) electrons. The maximum atomic E-state index is 12.1. The van der Waals surface area contributed by atoms with Gasteiger partial charge >= 0.3 is 0 Å². The Balaban J connectivity index is 1.85. The molecule has 2 aliphatic rings. The Morgan fingerprint density at radius 3 is 2.65 bits per heavy atom. The van der Waals surface area contributed by atoms with E-state index < -0.39 is 5.60 Å². The number of aliphatic hydroxyl groups excluding tert-OH is 1. The Hall–Kier alpha value is -0.610. The van der Waals surface area contributed by atoms with E-state index in [4.69, 9.17) is 0 Å². The van der Waals surface area contributed by atoms with E-state index in [1.165, 1.54) is 0 Å². The van der Waals surface area contributed by atoms with Gasteiger partial charge in [0.1, 0.15) is 0 Å². The second kappa shape index (κ2) is 4.94. The van der Waals surface area contributed by atoms with Crippen LogP contribution in [0.15, 0.2) is 0 Å². The molecule has 0 bridgehead atoms. The minimum Gasteiger partial charge on any atom is -0.393 e. The monoisotopic (exact) mass is 241 g/mol. The lowest BCUT2D eigenvalue weighted by atomic mass is 9.97. The van der Waals surface area contributed by atoms with Crippen LogP contribution in [0.4, 0.5) is 0 Å². The number of nitrogens with zero attached hydrogens (tertiary/aromatic N) is 1. The summed E-state index contributed by atoms with van der Waals surface area (Å²) in [5, 5.41) is 19.7. The van der Waals surface area contributed by atoms with Gasteiger partial charge in [0.2, 0.25) is 5.91 Å². The molecule has 1 saturated heterocycles. The first-order valence-corrected chi connectivity index (χ1v) is 6.68. The third kappa shape index (κ3) is 2.99. The van der Waals surface area contributed by atoms with Crippen LogP contribution in [0.1, 0.15) is 45.4 Å². The van der Waals surface area contributed by atoms with Crippen molar-refractivity contribution in [2.24, 2.45) is 5.92 Å². The smallest absolute Gasteiger partial charge is 0.225 e. The van der Waals surface area contributed by atoms with Crippen LogP contribution in [-0.4, -0.2) is 45.8 Å². The number of carbonyl (C=O) groups excluding carboxylic acids is 1. The van der Waals surface area contributed by atoms with Gasteiger partial charge in [-0.3, -0.25) is 4.79 Å². The van der Waals surface area contributed by atoms with Crippen LogP contribution in [0, 0.1) is 5.92 Å². The van der Waals surface area contributed by atoms with Crippen molar-refractivity contribution in [2.45, 2.75) is 57.2 Å². The Bertz CT molecular complexity index is 284. The van der Waals surface area contributed by atoms with Crippen LogP contribution in [-0.2, 0) is 4.79 Å². The van der Waals surface area contributed by atoms with Crippen molar-refractivity contribution in [2.75, 3.05) is 13.1 Å². The highest BCUT2D eigenvalue weighted by Crippen LogP contribution is 2.33. The van der Waals surface area contributed by atoms with Crippen LogP contribution in [0.3, 0.4) is 0 Å². The molecule has 1 aliphatic carbocycles. The fourth-order valence-electron chi connectivity index (χ4n) is 3.01. The minimum atomic E-state index is -0.750. The number of likely N-dealkylation sites (tertiary alicyclic amines) is 1. The molecule has 1 aliphatic heterocycles. The van der Waals surface area contributed by atoms with Gasteiger partial charge in [-0.15, -0.1) is 0 Å². The zero-order valence-corrected chi connectivity index (χ0v) is 10.6. The number of aliphatic hydroxyl groups is 2. The lowest BCUT2D eigenvalue weighted by molar-refractivity contribution is -0.135. The number of hydrogen-bond donors (Lipinski definition) is 2. The molecule has 0 spiro atoms. The van der Waals surface area contributed by atoms with Gasteiger partial charge in [0.15, 0.2) is 0 Å². The molecule has 0 aromatic rings. The molecule has 98 valence electrons. The molecule has 4 heteroatoms. The SMILES string of the molecule is CC(O)C1CCN(C(=O)CC2(O)CCCC2)C1. The fraction of sp³-hybridized carbons (Fsp3) is 0.923. The Morgan fingerprint density at radius 1 is 1.47 bits per heavy atom. The maximum absolute atomic E-state index is 12.1. The average molecular weight is 241 g/mol. The van der Waals surface area contributed by atoms with Gasteiger partial charge < -0.3 is 15.1 Å². The lowest BCUT2D eigenvalue weighted by Crippen LogP contribution is -2.37. The van der Waals surface area contributed by atoms with Crippen LogP contribution >= 0.6 is 0 Å². The van der Waals surface area contributed by atoms with Crippen LogP contribution in [0.25, 0.3) is 0 Å². The highest BCUT2D eigenvalue weighted by Gasteiger charge is 2.37. The van der Waals surface area contributed by atoms with Crippen molar-refractivity contribution in [1.82, 2.24) is 4.90 Å². The van der Waals surface area contributed by atoms with Gasteiger partial charge in [0.25, 0.3) is 0 Å². The quantitative estimate of drug-likeness (QED) is 0.772. The fourth-order valence-corrected chi connectivity index (χ4v) is 3.01. The van der Waals surface area contributed by atoms with Gasteiger partial charge in [-0.1, -0.05) is 12.8 Å². The van der Waals surface area contributed by atoms with Gasteiger partial charge in [0.05, 0.1) is 18.1 Å². The van der Waals surface area contributed by atoms with Gasteiger partial charge in [0, 0.05) is 19.0 Å². The molecule has 1 saturated carbocycles. The normalized spacial score (nSPS) is 29.6. The molecular weight excluding hydrogens is 218 g/mol. The van der Waals surface area contributed by atoms with E-state index in [0.29, 0.717) is 6.54 Å². The van der Waals surface area contributed by atoms with E-state index in [1.54, 1.807) is 11.8 Å². The van der Waals surface area contributed by atoms with Crippen LogP contribution in [0.2, 0.25) is 0 Å². The zero-order valence-electron chi connectivity index (χ0n) is 10.6. The van der Waals surface area contributed by atoms with Crippen LogP contribution < -0.4 is 0 Å². The second-order valence-electron chi connectivity index (χ2n) is 5.74.